The van der Waals surface area contributed by atoms with Crippen LogP contribution >= 0.6 is 0 Å². The number of piperidine rings is 1. The molecule has 0 N–H and O–H groups in total. The molecule has 0 bridgehead atoms. The van der Waals surface area contributed by atoms with Crippen molar-refractivity contribution in [3.05, 3.63) is 90.0 Å². The number of ether oxygens (including phenoxy) is 2. The van der Waals surface area contributed by atoms with Crippen molar-refractivity contribution in [2.75, 3.05) is 32.2 Å². The van der Waals surface area contributed by atoms with Gasteiger partial charge in [0.25, 0.3) is 0 Å². The number of carbonyl (C=O) groups excluding carboxylic acids is 2. The summed E-state index contributed by atoms with van der Waals surface area (Å²) in [6.45, 7) is 1.47. The number of benzene rings is 3. The zero-order chi connectivity index (χ0) is 25.8. The minimum Gasteiger partial charge on any atom is -0.497 e. The zero-order valence-electron chi connectivity index (χ0n) is 21.5. The third kappa shape index (κ3) is 5.33. The van der Waals surface area contributed by atoms with Crippen molar-refractivity contribution in [2.45, 2.75) is 31.7 Å². The average molecular weight is 499 g/mol. The Morgan fingerprint density at radius 3 is 2.03 bits per heavy atom. The van der Waals surface area contributed by atoms with Gasteiger partial charge in [-0.1, -0.05) is 42.5 Å². The van der Waals surface area contributed by atoms with E-state index in [4.69, 9.17) is 9.47 Å². The summed E-state index contributed by atoms with van der Waals surface area (Å²) in [4.78, 5) is 31.0. The summed E-state index contributed by atoms with van der Waals surface area (Å²) < 4.78 is 10.6. The largest absolute Gasteiger partial charge is 0.497 e. The van der Waals surface area contributed by atoms with Crippen LogP contribution in [0, 0.1) is 11.8 Å². The van der Waals surface area contributed by atoms with E-state index in [1.165, 1.54) is 5.56 Å². The molecule has 2 saturated heterocycles. The molecule has 2 heterocycles. The molecule has 0 radical (unpaired) electrons. The van der Waals surface area contributed by atoms with E-state index < -0.39 is 5.92 Å². The number of anilines is 1. The fourth-order valence-electron chi connectivity index (χ4n) is 5.72. The normalized spacial score (nSPS) is 20.2. The molecule has 0 aromatic heterocycles. The van der Waals surface area contributed by atoms with Crippen molar-refractivity contribution in [3.8, 4) is 11.5 Å². The number of likely N-dealkylation sites (tertiary alicyclic amines) is 1. The number of methoxy groups -OCH3 is 2. The van der Waals surface area contributed by atoms with Crippen LogP contribution in [0.2, 0.25) is 0 Å². The Morgan fingerprint density at radius 2 is 1.43 bits per heavy atom. The molecule has 3 aromatic carbocycles. The summed E-state index contributed by atoms with van der Waals surface area (Å²) in [6, 6.07) is 25.4. The quantitative estimate of drug-likeness (QED) is 0.445. The van der Waals surface area contributed by atoms with E-state index >= 15 is 0 Å². The smallest absolute Gasteiger partial charge is 0.228 e. The molecule has 0 aliphatic carbocycles. The van der Waals surface area contributed by atoms with Crippen molar-refractivity contribution in [1.29, 1.82) is 0 Å². The molecule has 6 heteroatoms. The first-order valence-corrected chi connectivity index (χ1v) is 13.0. The van der Waals surface area contributed by atoms with Gasteiger partial charge in [-0.05, 0) is 72.7 Å². The van der Waals surface area contributed by atoms with Crippen molar-refractivity contribution in [2.24, 2.45) is 11.8 Å². The van der Waals surface area contributed by atoms with Crippen molar-refractivity contribution < 1.29 is 19.1 Å². The minimum atomic E-state index is -0.436. The third-order valence-electron chi connectivity index (χ3n) is 7.74. The maximum Gasteiger partial charge on any atom is 0.228 e. The lowest BCUT2D eigenvalue weighted by molar-refractivity contribution is -0.138. The Morgan fingerprint density at radius 1 is 0.838 bits per heavy atom. The molecule has 2 aliphatic rings. The van der Waals surface area contributed by atoms with Gasteiger partial charge < -0.3 is 19.3 Å². The third-order valence-corrected chi connectivity index (χ3v) is 7.74. The highest BCUT2D eigenvalue weighted by molar-refractivity contribution is 6.01. The van der Waals surface area contributed by atoms with Crippen LogP contribution in [0.3, 0.4) is 0 Å². The van der Waals surface area contributed by atoms with E-state index in [0.29, 0.717) is 5.92 Å². The maximum absolute atomic E-state index is 13.9. The van der Waals surface area contributed by atoms with Crippen molar-refractivity contribution >= 4 is 17.5 Å². The van der Waals surface area contributed by atoms with Crippen LogP contribution in [0.4, 0.5) is 5.69 Å². The molecule has 5 rings (SSSR count). The molecule has 0 spiro atoms. The molecular weight excluding hydrogens is 464 g/mol. The van der Waals surface area contributed by atoms with Gasteiger partial charge in [-0.25, -0.2) is 0 Å². The first-order chi connectivity index (χ1) is 18.1. The second-order valence-corrected chi connectivity index (χ2v) is 9.95. The van der Waals surface area contributed by atoms with Crippen molar-refractivity contribution in [3.63, 3.8) is 0 Å². The van der Waals surface area contributed by atoms with Gasteiger partial charge in [0.1, 0.15) is 11.5 Å². The highest BCUT2D eigenvalue weighted by Gasteiger charge is 2.46. The van der Waals surface area contributed by atoms with E-state index in [0.717, 1.165) is 55.1 Å². The van der Waals surface area contributed by atoms with Crippen LogP contribution in [0.15, 0.2) is 78.9 Å². The summed E-state index contributed by atoms with van der Waals surface area (Å²) in [5.41, 5.74) is 3.05. The van der Waals surface area contributed by atoms with Crippen LogP contribution in [0.25, 0.3) is 0 Å². The van der Waals surface area contributed by atoms with Gasteiger partial charge in [0.2, 0.25) is 11.8 Å². The van der Waals surface area contributed by atoms with Gasteiger partial charge in [0.05, 0.1) is 26.2 Å². The molecule has 2 atom stereocenters. The predicted molar refractivity (Wildman–Crippen MR) is 144 cm³/mol. The molecule has 2 fully saturated rings. The number of carbonyl (C=O) groups is 2. The first-order valence-electron chi connectivity index (χ1n) is 13.0. The Kier molecular flexibility index (Phi) is 7.45. The second-order valence-electron chi connectivity index (χ2n) is 9.95. The van der Waals surface area contributed by atoms with Crippen LogP contribution in [-0.2, 0) is 16.0 Å². The lowest BCUT2D eigenvalue weighted by Gasteiger charge is -2.36. The lowest BCUT2D eigenvalue weighted by atomic mass is 9.88. The molecule has 6 nitrogen and oxygen atoms in total. The van der Waals surface area contributed by atoms with E-state index in [1.54, 1.807) is 19.1 Å². The molecule has 37 heavy (non-hydrogen) atoms. The standard InChI is InChI=1S/C31H34N2O4/c1-36-26-12-8-24(9-13-26)30-28(21-29(34)33(30)25-10-14-27(37-2)15-11-25)31(35)32-18-16-23(17-19-32)20-22-6-4-3-5-7-22/h3-15,23,28,30H,16-21H2,1-2H3/t28-,30-/m0/s1. The highest BCUT2D eigenvalue weighted by atomic mass is 16.5. The number of nitrogens with zero attached hydrogens (tertiary/aromatic N) is 2. The Bertz CT molecular complexity index is 1200. The molecule has 0 unspecified atom stereocenters. The minimum absolute atomic E-state index is 0.0386. The molecule has 192 valence electrons. The second kappa shape index (κ2) is 11.1. The Labute approximate surface area is 218 Å². The Balaban J connectivity index is 1.36. The fourth-order valence-corrected chi connectivity index (χ4v) is 5.72. The van der Waals surface area contributed by atoms with Gasteiger partial charge in [-0.3, -0.25) is 9.59 Å². The lowest BCUT2D eigenvalue weighted by Crippen LogP contribution is -2.43. The summed E-state index contributed by atoms with van der Waals surface area (Å²) in [5, 5.41) is 0. The van der Waals surface area contributed by atoms with Crippen LogP contribution in [-0.4, -0.2) is 44.0 Å². The van der Waals surface area contributed by atoms with Gasteiger partial charge in [0, 0.05) is 25.2 Å². The van der Waals surface area contributed by atoms with Crippen LogP contribution in [0.5, 0.6) is 11.5 Å². The topological polar surface area (TPSA) is 59.1 Å². The number of rotatable bonds is 7. The van der Waals surface area contributed by atoms with E-state index in [9.17, 15) is 9.59 Å². The molecule has 2 amide bonds. The molecular formula is C31H34N2O4. The molecule has 3 aromatic rings. The SMILES string of the molecule is COc1ccc([C@H]2[C@@H](C(=O)N3CCC(Cc4ccccc4)CC3)CC(=O)N2c2ccc(OC)cc2)cc1. The zero-order valence-corrected chi connectivity index (χ0v) is 21.5. The van der Waals surface area contributed by atoms with E-state index in [-0.39, 0.29) is 24.3 Å². The predicted octanol–water partition coefficient (Wildman–Crippen LogP) is 5.28. The summed E-state index contributed by atoms with van der Waals surface area (Å²) >= 11 is 0. The summed E-state index contributed by atoms with van der Waals surface area (Å²) in [6.07, 6.45) is 3.21. The first kappa shape index (κ1) is 24.9. The monoisotopic (exact) mass is 498 g/mol. The van der Waals surface area contributed by atoms with E-state index in [2.05, 4.69) is 24.3 Å². The Hall–Kier alpha value is -3.80. The average Bonchev–Trinajstić information content (AvgIpc) is 3.30. The number of hydrogen-bond donors (Lipinski definition) is 0. The van der Waals surface area contributed by atoms with Gasteiger partial charge in [-0.2, -0.15) is 0 Å². The van der Waals surface area contributed by atoms with Crippen molar-refractivity contribution in [1.82, 2.24) is 4.90 Å². The summed E-state index contributed by atoms with van der Waals surface area (Å²) in [5.74, 6) is 1.64. The van der Waals surface area contributed by atoms with E-state index in [1.807, 2.05) is 59.5 Å². The summed E-state index contributed by atoms with van der Waals surface area (Å²) in [7, 11) is 3.25. The molecule has 0 saturated carbocycles. The maximum atomic E-state index is 13.9. The van der Waals surface area contributed by atoms with Gasteiger partial charge in [0.15, 0.2) is 0 Å². The van der Waals surface area contributed by atoms with Gasteiger partial charge in [-0.15, -0.1) is 0 Å². The van der Waals surface area contributed by atoms with Crippen LogP contribution < -0.4 is 14.4 Å². The van der Waals surface area contributed by atoms with Gasteiger partial charge >= 0.3 is 0 Å². The fraction of sp³-hybridized carbons (Fsp3) is 0.355. The molecule has 2 aliphatic heterocycles. The highest BCUT2D eigenvalue weighted by Crippen LogP contribution is 2.43. The number of hydrogen-bond acceptors (Lipinski definition) is 4. The number of amides is 2. The van der Waals surface area contributed by atoms with Crippen LogP contribution in [0.1, 0.15) is 36.4 Å².